The van der Waals surface area contributed by atoms with E-state index in [0.29, 0.717) is 19.5 Å². The summed E-state index contributed by atoms with van der Waals surface area (Å²) in [7, 11) is 0. The van der Waals surface area contributed by atoms with Gasteiger partial charge < -0.3 is 9.80 Å². The summed E-state index contributed by atoms with van der Waals surface area (Å²) in [5.74, 6) is 0.931. The van der Waals surface area contributed by atoms with Gasteiger partial charge in [0, 0.05) is 32.6 Å². The first-order chi connectivity index (χ1) is 13.7. The standard InChI is InChI=1S/C21H24N6O/c1-17-7-9-18(10-8-17)11-12-20(28)25-13-15-26(16-14-25)21-22-23-24-27(21)19-5-3-2-4-6-19/h2-10H,11-16H2,1H3. The van der Waals surface area contributed by atoms with Gasteiger partial charge >= 0.3 is 0 Å². The number of aryl methyl sites for hydroxylation is 2. The highest BCUT2D eigenvalue weighted by Gasteiger charge is 2.24. The van der Waals surface area contributed by atoms with Gasteiger partial charge in [-0.25, -0.2) is 0 Å². The van der Waals surface area contributed by atoms with Gasteiger partial charge in [0.1, 0.15) is 0 Å². The van der Waals surface area contributed by atoms with Crippen LogP contribution in [0.3, 0.4) is 0 Å². The van der Waals surface area contributed by atoms with Gasteiger partial charge in [-0.3, -0.25) is 4.79 Å². The maximum atomic E-state index is 12.6. The molecule has 4 rings (SSSR count). The lowest BCUT2D eigenvalue weighted by Gasteiger charge is -2.34. The van der Waals surface area contributed by atoms with E-state index < -0.39 is 0 Å². The number of hydrogen-bond acceptors (Lipinski definition) is 5. The lowest BCUT2D eigenvalue weighted by molar-refractivity contribution is -0.131. The van der Waals surface area contributed by atoms with E-state index in [4.69, 9.17) is 0 Å². The first-order valence-corrected chi connectivity index (χ1v) is 9.63. The molecule has 0 N–H and O–H groups in total. The Morgan fingerprint density at radius 1 is 0.964 bits per heavy atom. The van der Waals surface area contributed by atoms with Gasteiger partial charge in [-0.15, -0.1) is 0 Å². The van der Waals surface area contributed by atoms with E-state index >= 15 is 0 Å². The molecule has 3 aromatic rings. The predicted octanol–water partition coefficient (Wildman–Crippen LogP) is 2.25. The summed E-state index contributed by atoms with van der Waals surface area (Å²) >= 11 is 0. The maximum Gasteiger partial charge on any atom is 0.250 e. The van der Waals surface area contributed by atoms with Crippen LogP contribution in [0.25, 0.3) is 5.69 Å². The number of piperazine rings is 1. The molecule has 2 heterocycles. The zero-order valence-corrected chi connectivity index (χ0v) is 16.0. The van der Waals surface area contributed by atoms with Crippen molar-refractivity contribution in [3.05, 3.63) is 65.7 Å². The summed E-state index contributed by atoms with van der Waals surface area (Å²) < 4.78 is 1.74. The van der Waals surface area contributed by atoms with Crippen molar-refractivity contribution >= 4 is 11.9 Å². The number of para-hydroxylation sites is 1. The number of tetrazole rings is 1. The van der Waals surface area contributed by atoms with Crippen molar-refractivity contribution in [3.8, 4) is 5.69 Å². The molecule has 1 aliphatic rings. The summed E-state index contributed by atoms with van der Waals surface area (Å²) in [6.07, 6.45) is 1.33. The van der Waals surface area contributed by atoms with Crippen molar-refractivity contribution in [2.45, 2.75) is 19.8 Å². The first kappa shape index (κ1) is 18.2. The molecule has 1 amide bonds. The number of hydrogen-bond donors (Lipinski definition) is 0. The zero-order chi connectivity index (χ0) is 19.3. The number of aromatic nitrogens is 4. The average Bonchev–Trinajstić information content (AvgIpc) is 3.24. The van der Waals surface area contributed by atoms with Crippen LogP contribution in [0.1, 0.15) is 17.5 Å². The Hall–Kier alpha value is -3.22. The fourth-order valence-corrected chi connectivity index (χ4v) is 3.44. The van der Waals surface area contributed by atoms with Gasteiger partial charge in [-0.05, 0) is 41.5 Å². The van der Waals surface area contributed by atoms with Crippen molar-refractivity contribution in [3.63, 3.8) is 0 Å². The molecular weight excluding hydrogens is 352 g/mol. The topological polar surface area (TPSA) is 67.2 Å². The molecule has 1 saturated heterocycles. The minimum Gasteiger partial charge on any atom is -0.339 e. The van der Waals surface area contributed by atoms with Crippen LogP contribution in [-0.2, 0) is 11.2 Å². The second kappa shape index (κ2) is 8.21. The fourth-order valence-electron chi connectivity index (χ4n) is 3.44. The molecule has 1 aromatic heterocycles. The number of amides is 1. The summed E-state index contributed by atoms with van der Waals surface area (Å²) in [4.78, 5) is 16.7. The Morgan fingerprint density at radius 2 is 1.68 bits per heavy atom. The summed E-state index contributed by atoms with van der Waals surface area (Å²) in [6, 6.07) is 18.2. The normalized spacial score (nSPS) is 14.3. The molecule has 7 heteroatoms. The van der Waals surface area contributed by atoms with Crippen LogP contribution >= 0.6 is 0 Å². The third-order valence-electron chi connectivity index (χ3n) is 5.12. The Balaban J connectivity index is 1.33. The van der Waals surface area contributed by atoms with Crippen LogP contribution in [0, 0.1) is 6.92 Å². The van der Waals surface area contributed by atoms with E-state index in [-0.39, 0.29) is 5.91 Å². The van der Waals surface area contributed by atoms with Crippen molar-refractivity contribution in [2.75, 3.05) is 31.1 Å². The molecule has 0 bridgehead atoms. The molecule has 0 unspecified atom stereocenters. The van der Waals surface area contributed by atoms with Gasteiger partial charge in [-0.1, -0.05) is 53.1 Å². The fraction of sp³-hybridized carbons (Fsp3) is 0.333. The van der Waals surface area contributed by atoms with Gasteiger partial charge in [0.05, 0.1) is 5.69 Å². The lowest BCUT2D eigenvalue weighted by atomic mass is 10.1. The molecule has 0 saturated carbocycles. The minimum absolute atomic E-state index is 0.211. The van der Waals surface area contributed by atoms with Crippen LogP contribution in [0.5, 0.6) is 0 Å². The van der Waals surface area contributed by atoms with Crippen molar-refractivity contribution in [1.29, 1.82) is 0 Å². The van der Waals surface area contributed by atoms with E-state index in [1.165, 1.54) is 11.1 Å². The van der Waals surface area contributed by atoms with Gasteiger partial charge in [0.25, 0.3) is 0 Å². The highest BCUT2D eigenvalue weighted by atomic mass is 16.2. The van der Waals surface area contributed by atoms with Crippen molar-refractivity contribution in [2.24, 2.45) is 0 Å². The molecule has 7 nitrogen and oxygen atoms in total. The van der Waals surface area contributed by atoms with Crippen LogP contribution < -0.4 is 4.90 Å². The Morgan fingerprint density at radius 3 is 2.39 bits per heavy atom. The minimum atomic E-state index is 0.211. The monoisotopic (exact) mass is 376 g/mol. The van der Waals surface area contributed by atoms with Crippen LogP contribution in [0.4, 0.5) is 5.95 Å². The molecule has 0 aliphatic carbocycles. The van der Waals surface area contributed by atoms with Gasteiger partial charge in [0.2, 0.25) is 11.9 Å². The van der Waals surface area contributed by atoms with Crippen LogP contribution in [0.2, 0.25) is 0 Å². The summed E-state index contributed by atoms with van der Waals surface area (Å²) in [6.45, 7) is 4.90. The smallest absolute Gasteiger partial charge is 0.250 e. The maximum absolute atomic E-state index is 12.6. The molecule has 28 heavy (non-hydrogen) atoms. The Bertz CT molecular complexity index is 914. The van der Waals surface area contributed by atoms with Crippen LogP contribution in [0.15, 0.2) is 54.6 Å². The zero-order valence-electron chi connectivity index (χ0n) is 16.0. The highest BCUT2D eigenvalue weighted by molar-refractivity contribution is 5.76. The molecule has 1 fully saturated rings. The SMILES string of the molecule is Cc1ccc(CCC(=O)N2CCN(c3nnnn3-c3ccccc3)CC2)cc1. The van der Waals surface area contributed by atoms with E-state index in [2.05, 4.69) is 51.6 Å². The molecule has 1 aliphatic heterocycles. The van der Waals surface area contributed by atoms with Crippen molar-refractivity contribution < 1.29 is 4.79 Å². The molecule has 0 spiro atoms. The Labute approximate surface area is 164 Å². The summed E-state index contributed by atoms with van der Waals surface area (Å²) in [5.41, 5.74) is 3.38. The van der Waals surface area contributed by atoms with Crippen molar-refractivity contribution in [1.82, 2.24) is 25.1 Å². The molecule has 144 valence electrons. The quantitative estimate of drug-likeness (QED) is 0.683. The third-order valence-corrected chi connectivity index (χ3v) is 5.12. The number of nitrogens with zero attached hydrogens (tertiary/aromatic N) is 6. The number of anilines is 1. The average molecular weight is 376 g/mol. The number of benzene rings is 2. The number of carbonyl (C=O) groups excluding carboxylic acids is 1. The largest absolute Gasteiger partial charge is 0.339 e. The number of carbonyl (C=O) groups is 1. The van der Waals surface area contributed by atoms with Crippen LogP contribution in [-0.4, -0.2) is 57.2 Å². The van der Waals surface area contributed by atoms with E-state index in [1.807, 2.05) is 35.2 Å². The predicted molar refractivity (Wildman–Crippen MR) is 107 cm³/mol. The van der Waals surface area contributed by atoms with Gasteiger partial charge in [-0.2, -0.15) is 4.68 Å². The molecular formula is C21H24N6O. The molecule has 0 atom stereocenters. The number of rotatable bonds is 5. The highest BCUT2D eigenvalue weighted by Crippen LogP contribution is 2.17. The summed E-state index contributed by atoms with van der Waals surface area (Å²) in [5, 5.41) is 12.1. The lowest BCUT2D eigenvalue weighted by Crippen LogP contribution is -2.49. The van der Waals surface area contributed by atoms with E-state index in [9.17, 15) is 4.79 Å². The second-order valence-electron chi connectivity index (χ2n) is 7.08. The van der Waals surface area contributed by atoms with Gasteiger partial charge in [0.15, 0.2) is 0 Å². The third kappa shape index (κ3) is 4.03. The molecule has 0 radical (unpaired) electrons. The van der Waals surface area contributed by atoms with E-state index in [0.717, 1.165) is 31.1 Å². The Kier molecular flexibility index (Phi) is 5.32. The molecule has 2 aromatic carbocycles. The van der Waals surface area contributed by atoms with E-state index in [1.54, 1.807) is 4.68 Å². The first-order valence-electron chi connectivity index (χ1n) is 9.63. The second-order valence-corrected chi connectivity index (χ2v) is 7.08.